The monoisotopic (exact) mass is 394 g/mol. The molecule has 3 rings (SSSR count). The molecule has 0 amide bonds. The van der Waals surface area contributed by atoms with Crippen LogP contribution in [0.4, 0.5) is 5.69 Å². The second-order valence-electron chi connectivity index (χ2n) is 8.40. The first-order valence-corrected chi connectivity index (χ1v) is 10.5. The highest BCUT2D eigenvalue weighted by Gasteiger charge is 2.51. The van der Waals surface area contributed by atoms with E-state index in [1.807, 2.05) is 6.07 Å². The van der Waals surface area contributed by atoms with Crippen LogP contribution in [0.2, 0.25) is 5.02 Å². The quantitative estimate of drug-likeness (QED) is 0.563. The highest BCUT2D eigenvalue weighted by Crippen LogP contribution is 2.49. The topological polar surface area (TPSA) is 57.4 Å². The van der Waals surface area contributed by atoms with Crippen LogP contribution in [-0.4, -0.2) is 29.8 Å². The fourth-order valence-corrected chi connectivity index (χ4v) is 5.39. The third-order valence-corrected chi connectivity index (χ3v) is 6.30. The van der Waals surface area contributed by atoms with Crippen molar-refractivity contribution in [3.63, 3.8) is 0 Å². The molecule has 0 saturated carbocycles. The van der Waals surface area contributed by atoms with E-state index in [-0.39, 0.29) is 15.7 Å². The van der Waals surface area contributed by atoms with Gasteiger partial charge in [0.1, 0.15) is 6.54 Å². The first-order chi connectivity index (χ1) is 11.8. The Balaban J connectivity index is 2.44. The molecule has 140 valence electrons. The lowest BCUT2D eigenvalue weighted by atomic mass is 9.70. The molecule has 6 heteroatoms. The third-order valence-electron chi connectivity index (χ3n) is 5.14. The van der Waals surface area contributed by atoms with Crippen molar-refractivity contribution in [3.05, 3.63) is 34.9 Å². The summed E-state index contributed by atoms with van der Waals surface area (Å²) in [5.74, 6) is 0. The predicted octanol–water partition coefficient (Wildman–Crippen LogP) is 5.18. The van der Waals surface area contributed by atoms with E-state index in [4.69, 9.17) is 11.6 Å². The van der Waals surface area contributed by atoms with Gasteiger partial charge < -0.3 is 0 Å². The molecular formula is C20H25ClNO3S+. The van der Waals surface area contributed by atoms with E-state index in [2.05, 4.69) is 46.1 Å². The fourth-order valence-electron chi connectivity index (χ4n) is 4.62. The molecule has 1 aliphatic rings. The summed E-state index contributed by atoms with van der Waals surface area (Å²) in [4.78, 5) is -0.143. The maximum absolute atomic E-state index is 11.5. The standard InChI is InChI=1S/C20H24ClNO3S/c1-7-22-16-11-15(21)14-10-12(26(23,24)25)8-9-13(14)17(16)20(5,6)18(22)19(2,3)4/h8-11H,7H2,1-6H3/p+1. The molecule has 0 fully saturated rings. The first-order valence-electron chi connectivity index (χ1n) is 8.69. The fraction of sp³-hybridized carbons (Fsp3) is 0.450. The number of hydrogen-bond acceptors (Lipinski definition) is 2. The van der Waals surface area contributed by atoms with Gasteiger partial charge in [-0.05, 0) is 38.3 Å². The second kappa shape index (κ2) is 5.78. The van der Waals surface area contributed by atoms with Gasteiger partial charge in [0.05, 0.1) is 15.3 Å². The third kappa shape index (κ3) is 2.77. The van der Waals surface area contributed by atoms with Gasteiger partial charge >= 0.3 is 0 Å². The highest BCUT2D eigenvalue weighted by atomic mass is 35.5. The summed E-state index contributed by atoms with van der Waals surface area (Å²) < 4.78 is 34.8. The molecule has 1 aliphatic heterocycles. The molecule has 0 bridgehead atoms. The number of fused-ring (bicyclic) bond motifs is 3. The summed E-state index contributed by atoms with van der Waals surface area (Å²) in [6.45, 7) is 14.0. The van der Waals surface area contributed by atoms with Crippen molar-refractivity contribution in [2.45, 2.75) is 51.9 Å². The highest BCUT2D eigenvalue weighted by molar-refractivity contribution is 7.85. The van der Waals surface area contributed by atoms with Crippen molar-refractivity contribution < 1.29 is 17.5 Å². The van der Waals surface area contributed by atoms with Gasteiger partial charge in [0, 0.05) is 22.4 Å². The van der Waals surface area contributed by atoms with Gasteiger partial charge in [-0.1, -0.05) is 38.4 Å². The molecule has 4 nitrogen and oxygen atoms in total. The van der Waals surface area contributed by atoms with Crippen LogP contribution in [0.3, 0.4) is 0 Å². The van der Waals surface area contributed by atoms with Crippen LogP contribution in [0.25, 0.3) is 10.8 Å². The van der Waals surface area contributed by atoms with Crippen molar-refractivity contribution in [1.82, 2.24) is 0 Å². The molecule has 1 N–H and O–H groups in total. The minimum atomic E-state index is -4.28. The molecule has 0 atom stereocenters. The average Bonchev–Trinajstić information content (AvgIpc) is 2.72. The lowest BCUT2D eigenvalue weighted by Gasteiger charge is -2.27. The van der Waals surface area contributed by atoms with Crippen LogP contribution < -0.4 is 0 Å². The molecule has 0 aromatic heterocycles. The molecule has 2 aromatic carbocycles. The zero-order valence-corrected chi connectivity index (χ0v) is 17.6. The first kappa shape index (κ1) is 19.3. The van der Waals surface area contributed by atoms with Gasteiger partial charge in [-0.15, -0.1) is 0 Å². The Morgan fingerprint density at radius 3 is 2.27 bits per heavy atom. The largest absolute Gasteiger partial charge is 0.294 e. The predicted molar refractivity (Wildman–Crippen MR) is 107 cm³/mol. The number of rotatable bonds is 2. The molecule has 0 unspecified atom stereocenters. The second-order valence-corrected chi connectivity index (χ2v) is 10.2. The Kier molecular flexibility index (Phi) is 4.30. The SMILES string of the molecule is CC[N+]1=C(C(C)(C)C)C(C)(C)c2c1cc(Cl)c1cc(S(=O)(=O)O)ccc21. The molecule has 0 aliphatic carbocycles. The van der Waals surface area contributed by atoms with E-state index >= 15 is 0 Å². The van der Waals surface area contributed by atoms with Crippen LogP contribution >= 0.6 is 11.6 Å². The van der Waals surface area contributed by atoms with Gasteiger partial charge in [-0.2, -0.15) is 13.0 Å². The van der Waals surface area contributed by atoms with E-state index < -0.39 is 10.1 Å². The Morgan fingerprint density at radius 2 is 1.77 bits per heavy atom. The van der Waals surface area contributed by atoms with Crippen molar-refractivity contribution >= 4 is 43.9 Å². The molecule has 0 saturated heterocycles. The number of nitrogens with zero attached hydrogens (tertiary/aromatic N) is 1. The van der Waals surface area contributed by atoms with Crippen LogP contribution in [0.1, 0.15) is 47.1 Å². The van der Waals surface area contributed by atoms with Gasteiger partial charge in [0.15, 0.2) is 5.71 Å². The Bertz CT molecular complexity index is 1060. The summed E-state index contributed by atoms with van der Waals surface area (Å²) in [6, 6.07) is 6.56. The van der Waals surface area contributed by atoms with Crippen LogP contribution in [0.5, 0.6) is 0 Å². The molecule has 2 aromatic rings. The Labute approximate surface area is 160 Å². The van der Waals surface area contributed by atoms with Crippen molar-refractivity contribution in [2.24, 2.45) is 5.41 Å². The zero-order chi connectivity index (χ0) is 19.7. The molecule has 0 radical (unpaired) electrons. The minimum Gasteiger partial charge on any atom is -0.282 e. The number of halogens is 1. The minimum absolute atomic E-state index is 0.0360. The Morgan fingerprint density at radius 1 is 1.15 bits per heavy atom. The van der Waals surface area contributed by atoms with E-state index in [0.717, 1.165) is 23.2 Å². The maximum atomic E-state index is 11.5. The van der Waals surface area contributed by atoms with Gasteiger partial charge in [-0.25, -0.2) is 0 Å². The van der Waals surface area contributed by atoms with E-state index in [9.17, 15) is 13.0 Å². The number of benzene rings is 2. The lowest BCUT2D eigenvalue weighted by molar-refractivity contribution is -0.438. The number of hydrogen-bond donors (Lipinski definition) is 1. The molecule has 0 spiro atoms. The van der Waals surface area contributed by atoms with E-state index in [1.54, 1.807) is 6.07 Å². The van der Waals surface area contributed by atoms with Crippen LogP contribution in [0.15, 0.2) is 29.2 Å². The summed E-state index contributed by atoms with van der Waals surface area (Å²) >= 11 is 6.53. The smallest absolute Gasteiger partial charge is 0.282 e. The Hall–Kier alpha value is -1.43. The van der Waals surface area contributed by atoms with Gasteiger partial charge in [-0.3, -0.25) is 4.55 Å². The van der Waals surface area contributed by atoms with Crippen LogP contribution in [-0.2, 0) is 15.5 Å². The van der Waals surface area contributed by atoms with Gasteiger partial charge in [0.2, 0.25) is 5.69 Å². The summed E-state index contributed by atoms with van der Waals surface area (Å²) in [5.41, 5.74) is 3.26. The molecule has 26 heavy (non-hydrogen) atoms. The summed E-state index contributed by atoms with van der Waals surface area (Å²) in [5, 5.41) is 2.04. The van der Waals surface area contributed by atoms with E-state index in [1.165, 1.54) is 17.8 Å². The maximum Gasteiger partial charge on any atom is 0.294 e. The van der Waals surface area contributed by atoms with E-state index in [0.29, 0.717) is 10.4 Å². The average molecular weight is 395 g/mol. The van der Waals surface area contributed by atoms with Crippen molar-refractivity contribution in [1.29, 1.82) is 0 Å². The van der Waals surface area contributed by atoms with Crippen molar-refractivity contribution in [3.8, 4) is 0 Å². The van der Waals surface area contributed by atoms with Crippen molar-refractivity contribution in [2.75, 3.05) is 6.54 Å². The zero-order valence-electron chi connectivity index (χ0n) is 16.0. The normalized spacial score (nSPS) is 17.1. The summed E-state index contributed by atoms with van der Waals surface area (Å²) in [7, 11) is -4.28. The lowest BCUT2D eigenvalue weighted by Crippen LogP contribution is -2.39. The molecular weight excluding hydrogens is 370 g/mol. The summed E-state index contributed by atoms with van der Waals surface area (Å²) in [6.07, 6.45) is 0. The van der Waals surface area contributed by atoms with Crippen LogP contribution in [0, 0.1) is 5.41 Å². The molecule has 1 heterocycles. The van der Waals surface area contributed by atoms with Gasteiger partial charge in [0.25, 0.3) is 10.1 Å².